The van der Waals surface area contributed by atoms with Crippen LogP contribution in [0.25, 0.3) is 0 Å². The average Bonchev–Trinajstić information content (AvgIpc) is 2.54. The number of nitrogens with one attached hydrogen (secondary N) is 1. The normalized spacial score (nSPS) is 11.5. The lowest BCUT2D eigenvalue weighted by molar-refractivity contribution is -0.385. The van der Waals surface area contributed by atoms with Gasteiger partial charge in [-0.1, -0.05) is 23.7 Å². The Labute approximate surface area is 148 Å². The van der Waals surface area contributed by atoms with Crippen molar-refractivity contribution in [3.8, 4) is 0 Å². The molecule has 0 aliphatic carbocycles. The fourth-order valence-electron chi connectivity index (χ4n) is 2.03. The van der Waals surface area contributed by atoms with Crippen LogP contribution >= 0.6 is 11.6 Å². The minimum absolute atomic E-state index is 0.000273. The maximum absolute atomic E-state index is 12.1. The highest BCUT2D eigenvalue weighted by Gasteiger charge is 2.21. The molecule has 0 aliphatic heterocycles. The maximum atomic E-state index is 12.1. The summed E-state index contributed by atoms with van der Waals surface area (Å²) in [6.07, 6.45) is -1.09. The van der Waals surface area contributed by atoms with Gasteiger partial charge in [-0.25, -0.2) is 4.79 Å². The molecule has 2 rings (SSSR count). The van der Waals surface area contributed by atoms with Gasteiger partial charge in [0.2, 0.25) is 0 Å². The summed E-state index contributed by atoms with van der Waals surface area (Å²) in [4.78, 5) is 34.5. The van der Waals surface area contributed by atoms with Gasteiger partial charge in [0.15, 0.2) is 6.10 Å². The summed E-state index contributed by atoms with van der Waals surface area (Å²) in [6.45, 7) is 2.97. The molecule has 0 saturated carbocycles. The lowest BCUT2D eigenvalue weighted by Gasteiger charge is -2.14. The van der Waals surface area contributed by atoms with Crippen LogP contribution in [0.1, 0.15) is 22.8 Å². The van der Waals surface area contributed by atoms with Crippen molar-refractivity contribution in [3.05, 3.63) is 68.7 Å². The zero-order chi connectivity index (χ0) is 18.6. The number of hydrogen-bond donors (Lipinski definition) is 1. The first-order chi connectivity index (χ1) is 11.8. The van der Waals surface area contributed by atoms with Crippen molar-refractivity contribution in [2.45, 2.75) is 20.0 Å². The van der Waals surface area contributed by atoms with E-state index in [1.807, 2.05) is 0 Å². The van der Waals surface area contributed by atoms with Gasteiger partial charge in [-0.05, 0) is 38.1 Å². The second-order valence-corrected chi connectivity index (χ2v) is 5.74. The van der Waals surface area contributed by atoms with Gasteiger partial charge in [-0.15, -0.1) is 0 Å². The van der Waals surface area contributed by atoms with Gasteiger partial charge in [-0.3, -0.25) is 14.9 Å². The second kappa shape index (κ2) is 7.76. The molecule has 0 spiro atoms. The number of nitro groups is 1. The minimum atomic E-state index is -1.09. The third-order valence-corrected chi connectivity index (χ3v) is 3.62. The first-order valence-electron chi connectivity index (χ1n) is 7.30. The van der Waals surface area contributed by atoms with Gasteiger partial charge in [0.25, 0.3) is 11.6 Å². The van der Waals surface area contributed by atoms with Crippen molar-refractivity contribution in [2.75, 3.05) is 5.32 Å². The molecule has 7 nitrogen and oxygen atoms in total. The number of aryl methyl sites for hydroxylation is 1. The first-order valence-corrected chi connectivity index (χ1v) is 7.68. The lowest BCUT2D eigenvalue weighted by Crippen LogP contribution is -2.30. The Kier molecular flexibility index (Phi) is 5.71. The Bertz CT molecular complexity index is 838. The zero-order valence-corrected chi connectivity index (χ0v) is 14.2. The number of nitrogens with zero attached hydrogens (tertiary/aromatic N) is 1. The molecule has 0 bridgehead atoms. The predicted octanol–water partition coefficient (Wildman–Crippen LogP) is 3.74. The monoisotopic (exact) mass is 362 g/mol. The van der Waals surface area contributed by atoms with E-state index in [0.29, 0.717) is 16.3 Å². The van der Waals surface area contributed by atoms with Crippen LogP contribution in [0.3, 0.4) is 0 Å². The van der Waals surface area contributed by atoms with E-state index in [1.54, 1.807) is 31.2 Å². The van der Waals surface area contributed by atoms with E-state index in [4.69, 9.17) is 16.3 Å². The molecule has 25 heavy (non-hydrogen) atoms. The summed E-state index contributed by atoms with van der Waals surface area (Å²) < 4.78 is 5.07. The van der Waals surface area contributed by atoms with Crippen molar-refractivity contribution < 1.29 is 19.2 Å². The van der Waals surface area contributed by atoms with Crippen LogP contribution in [0.5, 0.6) is 0 Å². The zero-order valence-electron chi connectivity index (χ0n) is 13.5. The van der Waals surface area contributed by atoms with Gasteiger partial charge >= 0.3 is 5.97 Å². The molecule has 0 aliphatic rings. The van der Waals surface area contributed by atoms with Crippen LogP contribution in [0, 0.1) is 17.0 Å². The fraction of sp³-hybridized carbons (Fsp3) is 0.176. The first kappa shape index (κ1) is 18.4. The van der Waals surface area contributed by atoms with Crippen molar-refractivity contribution >= 4 is 34.9 Å². The van der Waals surface area contributed by atoms with E-state index in [0.717, 1.165) is 6.07 Å². The van der Waals surface area contributed by atoms with Crippen molar-refractivity contribution in [2.24, 2.45) is 0 Å². The molecule has 0 saturated heterocycles. The van der Waals surface area contributed by atoms with Crippen molar-refractivity contribution in [3.63, 3.8) is 0 Å². The SMILES string of the molecule is Cc1ccc(C(=O)OC(C)C(=O)Nc2cccc(Cl)c2)cc1[N+](=O)[O-]. The van der Waals surface area contributed by atoms with Crippen LogP contribution in [-0.2, 0) is 9.53 Å². The van der Waals surface area contributed by atoms with Crippen LogP contribution < -0.4 is 5.32 Å². The number of nitro benzene ring substituents is 1. The molecule has 2 aromatic carbocycles. The Morgan fingerprint density at radius 1 is 1.24 bits per heavy atom. The Morgan fingerprint density at radius 3 is 2.60 bits per heavy atom. The molecule has 0 heterocycles. The number of amides is 1. The topological polar surface area (TPSA) is 98.5 Å². The van der Waals surface area contributed by atoms with E-state index in [9.17, 15) is 19.7 Å². The van der Waals surface area contributed by atoms with E-state index in [2.05, 4.69) is 5.32 Å². The smallest absolute Gasteiger partial charge is 0.339 e. The van der Waals surface area contributed by atoms with Crippen LogP contribution in [0.2, 0.25) is 5.02 Å². The number of anilines is 1. The van der Waals surface area contributed by atoms with Gasteiger partial charge in [-0.2, -0.15) is 0 Å². The Balaban J connectivity index is 2.05. The summed E-state index contributed by atoms with van der Waals surface area (Å²) in [7, 11) is 0. The predicted molar refractivity (Wildman–Crippen MR) is 92.8 cm³/mol. The van der Waals surface area contributed by atoms with E-state index in [1.165, 1.54) is 19.1 Å². The van der Waals surface area contributed by atoms with E-state index >= 15 is 0 Å². The number of ether oxygens (including phenoxy) is 1. The summed E-state index contributed by atoms with van der Waals surface area (Å²) in [5.74, 6) is -1.37. The average molecular weight is 363 g/mol. The van der Waals surface area contributed by atoms with Crippen LogP contribution in [0.4, 0.5) is 11.4 Å². The molecule has 1 unspecified atom stereocenters. The number of halogens is 1. The van der Waals surface area contributed by atoms with Gasteiger partial charge in [0.1, 0.15) is 0 Å². The number of esters is 1. The summed E-state index contributed by atoms with van der Waals surface area (Å²) >= 11 is 5.83. The number of carbonyl (C=O) groups excluding carboxylic acids is 2. The molecule has 0 fully saturated rings. The molecule has 8 heteroatoms. The third kappa shape index (κ3) is 4.77. The minimum Gasteiger partial charge on any atom is -0.449 e. The van der Waals surface area contributed by atoms with Crippen LogP contribution in [-0.4, -0.2) is 22.9 Å². The Hall–Kier alpha value is -2.93. The summed E-state index contributed by atoms with van der Waals surface area (Å²) in [6, 6.07) is 10.5. The largest absolute Gasteiger partial charge is 0.449 e. The standard InChI is InChI=1S/C17H15ClN2O5/c1-10-6-7-12(8-15(10)20(23)24)17(22)25-11(2)16(21)19-14-5-3-4-13(18)9-14/h3-9,11H,1-2H3,(H,19,21). The molecular weight excluding hydrogens is 348 g/mol. The molecule has 1 atom stereocenters. The molecule has 1 N–H and O–H groups in total. The third-order valence-electron chi connectivity index (χ3n) is 3.39. The number of carbonyl (C=O) groups is 2. The Morgan fingerprint density at radius 2 is 1.96 bits per heavy atom. The summed E-state index contributed by atoms with van der Waals surface area (Å²) in [5.41, 5.74) is 0.699. The van der Waals surface area contributed by atoms with Crippen LogP contribution in [0.15, 0.2) is 42.5 Å². The highest BCUT2D eigenvalue weighted by Crippen LogP contribution is 2.20. The molecule has 0 radical (unpaired) electrons. The quantitative estimate of drug-likeness (QED) is 0.496. The number of benzene rings is 2. The molecule has 130 valence electrons. The van der Waals surface area contributed by atoms with E-state index < -0.39 is 22.9 Å². The van der Waals surface area contributed by atoms with E-state index in [-0.39, 0.29) is 11.3 Å². The fourth-order valence-corrected chi connectivity index (χ4v) is 2.22. The highest BCUT2D eigenvalue weighted by atomic mass is 35.5. The molecule has 0 aromatic heterocycles. The summed E-state index contributed by atoms with van der Waals surface area (Å²) in [5, 5.41) is 14.0. The van der Waals surface area contributed by atoms with Gasteiger partial charge in [0, 0.05) is 22.3 Å². The van der Waals surface area contributed by atoms with Crippen molar-refractivity contribution in [1.29, 1.82) is 0 Å². The molecule has 1 amide bonds. The highest BCUT2D eigenvalue weighted by molar-refractivity contribution is 6.30. The van der Waals surface area contributed by atoms with Gasteiger partial charge < -0.3 is 10.1 Å². The molecular formula is C17H15ClN2O5. The lowest BCUT2D eigenvalue weighted by atomic mass is 10.1. The molecule has 2 aromatic rings. The number of hydrogen-bond acceptors (Lipinski definition) is 5. The number of rotatable bonds is 5. The maximum Gasteiger partial charge on any atom is 0.339 e. The second-order valence-electron chi connectivity index (χ2n) is 5.31. The van der Waals surface area contributed by atoms with Crippen molar-refractivity contribution in [1.82, 2.24) is 0 Å². The van der Waals surface area contributed by atoms with Gasteiger partial charge in [0.05, 0.1) is 10.5 Å².